The van der Waals surface area contributed by atoms with Gasteiger partial charge in [0.1, 0.15) is 18.1 Å². The molecule has 2 heterocycles. The van der Waals surface area contributed by atoms with E-state index in [-0.39, 0.29) is 18.5 Å². The standard InChI is InChI=1S/C27H28N2O5S/c30-27(33-19-23-5-1-2-9-26(23)34-24-8-4-14-28-18-24)21-12-15-29(16-13-21)35(31,32)25-11-10-20-6-3-7-22(20)17-25/h1-2,4-5,8-11,14,17-18,21H,3,6-7,12-13,15-16,19H2. The molecule has 0 radical (unpaired) electrons. The van der Waals surface area contributed by atoms with Crippen LogP contribution in [0, 0.1) is 5.92 Å². The van der Waals surface area contributed by atoms with Crippen LogP contribution in [0.2, 0.25) is 0 Å². The zero-order valence-electron chi connectivity index (χ0n) is 19.4. The molecule has 1 aliphatic heterocycles. The molecule has 0 spiro atoms. The number of carbonyl (C=O) groups is 1. The van der Waals surface area contributed by atoms with Gasteiger partial charge in [-0.05, 0) is 73.6 Å². The minimum absolute atomic E-state index is 0.0862. The second-order valence-corrected chi connectivity index (χ2v) is 10.9. The van der Waals surface area contributed by atoms with Crippen molar-refractivity contribution in [3.8, 4) is 11.5 Å². The minimum atomic E-state index is -3.56. The Hall–Kier alpha value is -3.23. The molecule has 7 nitrogen and oxygen atoms in total. The third-order valence-electron chi connectivity index (χ3n) is 6.70. The zero-order chi connectivity index (χ0) is 24.3. The number of benzene rings is 2. The number of hydrogen-bond donors (Lipinski definition) is 0. The summed E-state index contributed by atoms with van der Waals surface area (Å²) in [6.45, 7) is 0.697. The first-order chi connectivity index (χ1) is 17.0. The Morgan fingerprint density at radius 3 is 2.60 bits per heavy atom. The summed E-state index contributed by atoms with van der Waals surface area (Å²) >= 11 is 0. The van der Waals surface area contributed by atoms with Crippen LogP contribution in [0.3, 0.4) is 0 Å². The first kappa shape index (κ1) is 23.5. The van der Waals surface area contributed by atoms with Gasteiger partial charge >= 0.3 is 5.97 Å². The Balaban J connectivity index is 1.17. The second-order valence-electron chi connectivity index (χ2n) is 8.97. The molecule has 35 heavy (non-hydrogen) atoms. The van der Waals surface area contributed by atoms with E-state index in [0.717, 1.165) is 30.4 Å². The van der Waals surface area contributed by atoms with Crippen molar-refractivity contribution in [2.45, 2.75) is 43.6 Å². The van der Waals surface area contributed by atoms with Crippen LogP contribution in [-0.4, -0.2) is 36.8 Å². The van der Waals surface area contributed by atoms with Crippen LogP contribution in [-0.2, 0) is 39.0 Å². The molecule has 1 aliphatic carbocycles. The van der Waals surface area contributed by atoms with Gasteiger partial charge in [-0.15, -0.1) is 0 Å². The molecular weight excluding hydrogens is 464 g/mol. The Morgan fingerprint density at radius 2 is 1.80 bits per heavy atom. The average molecular weight is 493 g/mol. The predicted octanol–water partition coefficient (Wildman–Crippen LogP) is 4.51. The van der Waals surface area contributed by atoms with E-state index in [1.54, 1.807) is 30.6 Å². The number of para-hydroxylation sites is 1. The number of aromatic nitrogens is 1. The fourth-order valence-corrected chi connectivity index (χ4v) is 6.23. The van der Waals surface area contributed by atoms with Crippen molar-refractivity contribution in [2.75, 3.05) is 13.1 Å². The van der Waals surface area contributed by atoms with Gasteiger partial charge in [-0.1, -0.05) is 24.3 Å². The Kier molecular flexibility index (Phi) is 6.83. The van der Waals surface area contributed by atoms with Crippen molar-refractivity contribution < 1.29 is 22.7 Å². The summed E-state index contributed by atoms with van der Waals surface area (Å²) in [5, 5.41) is 0. The summed E-state index contributed by atoms with van der Waals surface area (Å²) in [4.78, 5) is 17.2. The van der Waals surface area contributed by atoms with E-state index in [4.69, 9.17) is 9.47 Å². The van der Waals surface area contributed by atoms with Gasteiger partial charge < -0.3 is 9.47 Å². The molecule has 2 aliphatic rings. The molecule has 1 saturated heterocycles. The summed E-state index contributed by atoms with van der Waals surface area (Å²) < 4.78 is 39.3. The summed E-state index contributed by atoms with van der Waals surface area (Å²) in [5.74, 6) is 0.565. The third kappa shape index (κ3) is 5.23. The Morgan fingerprint density at radius 1 is 1.00 bits per heavy atom. The van der Waals surface area contributed by atoms with Gasteiger partial charge in [0.15, 0.2) is 0 Å². The van der Waals surface area contributed by atoms with Crippen molar-refractivity contribution in [2.24, 2.45) is 5.92 Å². The van der Waals surface area contributed by atoms with Crippen LogP contribution in [0.1, 0.15) is 36.0 Å². The smallest absolute Gasteiger partial charge is 0.309 e. The molecule has 0 N–H and O–H groups in total. The number of nitrogens with zero attached hydrogens (tertiary/aromatic N) is 2. The van der Waals surface area contributed by atoms with E-state index in [9.17, 15) is 13.2 Å². The highest BCUT2D eigenvalue weighted by atomic mass is 32.2. The van der Waals surface area contributed by atoms with Crippen LogP contribution in [0.5, 0.6) is 11.5 Å². The number of rotatable bonds is 7. The normalized spacial score (nSPS) is 16.6. The zero-order valence-corrected chi connectivity index (χ0v) is 20.2. The molecule has 3 aromatic rings. The number of fused-ring (bicyclic) bond motifs is 1. The van der Waals surface area contributed by atoms with E-state index < -0.39 is 10.0 Å². The topological polar surface area (TPSA) is 85.8 Å². The summed E-state index contributed by atoms with van der Waals surface area (Å²) in [5.41, 5.74) is 3.14. The van der Waals surface area contributed by atoms with E-state index in [1.807, 2.05) is 36.4 Å². The quantitative estimate of drug-likeness (QED) is 0.451. The largest absolute Gasteiger partial charge is 0.460 e. The molecule has 0 bridgehead atoms. The van der Waals surface area contributed by atoms with Crippen molar-refractivity contribution in [1.29, 1.82) is 0 Å². The lowest BCUT2D eigenvalue weighted by molar-refractivity contribution is -0.151. The van der Waals surface area contributed by atoms with Gasteiger partial charge in [-0.3, -0.25) is 9.78 Å². The van der Waals surface area contributed by atoms with Crippen LogP contribution < -0.4 is 4.74 Å². The first-order valence-corrected chi connectivity index (χ1v) is 13.4. The maximum Gasteiger partial charge on any atom is 0.309 e. The maximum atomic E-state index is 13.2. The van der Waals surface area contributed by atoms with Gasteiger partial charge in [0.25, 0.3) is 0 Å². The number of esters is 1. The molecule has 1 fully saturated rings. The summed E-state index contributed by atoms with van der Waals surface area (Å²) in [7, 11) is -3.56. The molecule has 0 unspecified atom stereocenters. The molecule has 1 aromatic heterocycles. The van der Waals surface area contributed by atoms with Gasteiger partial charge in [-0.25, -0.2) is 8.42 Å². The van der Waals surface area contributed by atoms with Crippen LogP contribution in [0.15, 0.2) is 71.9 Å². The molecular formula is C27H28N2O5S. The van der Waals surface area contributed by atoms with Gasteiger partial charge in [0.2, 0.25) is 10.0 Å². The monoisotopic (exact) mass is 492 g/mol. The van der Waals surface area contributed by atoms with Crippen molar-refractivity contribution >= 4 is 16.0 Å². The number of piperidine rings is 1. The minimum Gasteiger partial charge on any atom is -0.460 e. The van der Waals surface area contributed by atoms with Crippen LogP contribution in [0.25, 0.3) is 0 Å². The summed E-state index contributed by atoms with van der Waals surface area (Å²) in [6.07, 6.45) is 7.20. The summed E-state index contributed by atoms with van der Waals surface area (Å²) in [6, 6.07) is 16.5. The molecule has 8 heteroatoms. The maximum absolute atomic E-state index is 13.2. The fourth-order valence-electron chi connectivity index (χ4n) is 4.71. The number of ether oxygens (including phenoxy) is 2. The van der Waals surface area contributed by atoms with Gasteiger partial charge in [0.05, 0.1) is 17.0 Å². The van der Waals surface area contributed by atoms with Crippen LogP contribution in [0.4, 0.5) is 0 Å². The molecule has 0 atom stereocenters. The van der Waals surface area contributed by atoms with E-state index in [1.165, 1.54) is 9.87 Å². The van der Waals surface area contributed by atoms with Crippen molar-refractivity contribution in [1.82, 2.24) is 9.29 Å². The fraction of sp³-hybridized carbons (Fsp3) is 0.333. The van der Waals surface area contributed by atoms with Crippen molar-refractivity contribution in [3.63, 3.8) is 0 Å². The lowest BCUT2D eigenvalue weighted by Crippen LogP contribution is -2.40. The SMILES string of the molecule is O=C(OCc1ccccc1Oc1cccnc1)C1CCN(S(=O)(=O)c2ccc3c(c2)CCC3)CC1. The first-order valence-electron chi connectivity index (χ1n) is 11.9. The van der Waals surface area contributed by atoms with E-state index >= 15 is 0 Å². The Labute approximate surface area is 205 Å². The molecule has 2 aromatic carbocycles. The highest BCUT2D eigenvalue weighted by molar-refractivity contribution is 7.89. The van der Waals surface area contributed by atoms with Gasteiger partial charge in [0, 0.05) is 24.8 Å². The molecule has 0 saturated carbocycles. The number of pyridine rings is 1. The molecule has 5 rings (SSSR count). The number of hydrogen-bond acceptors (Lipinski definition) is 6. The number of sulfonamides is 1. The lowest BCUT2D eigenvalue weighted by Gasteiger charge is -2.30. The third-order valence-corrected chi connectivity index (χ3v) is 8.59. The molecule has 0 amide bonds. The van der Waals surface area contributed by atoms with Gasteiger partial charge in [-0.2, -0.15) is 4.31 Å². The lowest BCUT2D eigenvalue weighted by atomic mass is 9.98. The highest BCUT2D eigenvalue weighted by Gasteiger charge is 2.33. The van der Waals surface area contributed by atoms with Crippen LogP contribution >= 0.6 is 0 Å². The van der Waals surface area contributed by atoms with Crippen molar-refractivity contribution in [3.05, 3.63) is 83.7 Å². The van der Waals surface area contributed by atoms with E-state index in [2.05, 4.69) is 4.98 Å². The second kappa shape index (κ2) is 10.2. The predicted molar refractivity (Wildman–Crippen MR) is 130 cm³/mol. The van der Waals surface area contributed by atoms with E-state index in [0.29, 0.717) is 42.3 Å². The highest BCUT2D eigenvalue weighted by Crippen LogP contribution is 2.30. The number of aryl methyl sites for hydroxylation is 2. The number of carbonyl (C=O) groups excluding carboxylic acids is 1. The molecule has 182 valence electrons. The Bertz CT molecular complexity index is 1300. The average Bonchev–Trinajstić information content (AvgIpc) is 3.37.